The first kappa shape index (κ1) is 14.9. The maximum absolute atomic E-state index is 12.4. The van der Waals surface area contributed by atoms with Gasteiger partial charge in [-0.3, -0.25) is 4.79 Å². The van der Waals surface area contributed by atoms with Gasteiger partial charge in [0.1, 0.15) is 11.3 Å². The fraction of sp³-hybridized carbons (Fsp3) is 0.267. The number of halogens is 1. The summed E-state index contributed by atoms with van der Waals surface area (Å²) in [6.45, 7) is 5.28. The second-order valence-corrected chi connectivity index (χ2v) is 5.57. The number of amides is 1. The van der Waals surface area contributed by atoms with Gasteiger partial charge in [0.2, 0.25) is 0 Å². The number of allylic oxidation sites excluding steroid dienone is 2. The van der Waals surface area contributed by atoms with Crippen LogP contribution in [0.2, 0.25) is 0 Å². The van der Waals surface area contributed by atoms with Gasteiger partial charge in [-0.1, -0.05) is 18.2 Å². The van der Waals surface area contributed by atoms with Crippen LogP contribution in [0, 0.1) is 0 Å². The van der Waals surface area contributed by atoms with Crippen molar-refractivity contribution in [3.05, 3.63) is 40.0 Å². The van der Waals surface area contributed by atoms with Crippen LogP contribution >= 0.6 is 0 Å². The molecule has 4 bridgehead atoms. The normalized spacial score (nSPS) is 13.9. The number of carbonyl (C=O) groups is 2. The van der Waals surface area contributed by atoms with E-state index < -0.39 is 17.7 Å². The molecule has 0 saturated heterocycles. The van der Waals surface area contributed by atoms with Gasteiger partial charge in [-0.05, 0) is 26.8 Å². The summed E-state index contributed by atoms with van der Waals surface area (Å²) in [4.78, 5) is 24.5. The molecule has 0 saturated carbocycles. The van der Waals surface area contributed by atoms with Crippen LogP contribution in [0.3, 0.4) is 0 Å². The standard InChI is InChI=1S/C10H4FNO.C5H11NO2/c11-10(13)9-7-4-5-2-1-3-6(7)8(5)12-9;1-5(2,3)8-4(6)7/h1-4H;1-3H3,(H2,6,7). The van der Waals surface area contributed by atoms with E-state index in [2.05, 4.69) is 9.73 Å². The fourth-order valence-corrected chi connectivity index (χ4v) is 2.07. The first-order valence-corrected chi connectivity index (χ1v) is 6.31. The number of ether oxygens (including phenoxy) is 1. The maximum atomic E-state index is 12.4. The van der Waals surface area contributed by atoms with Crippen LogP contribution in [0.1, 0.15) is 26.3 Å². The fourth-order valence-electron chi connectivity index (χ4n) is 2.07. The Balaban J connectivity index is 0.000000177. The van der Waals surface area contributed by atoms with Crippen molar-refractivity contribution in [1.82, 2.24) is 0 Å². The molecule has 0 aromatic heterocycles. The van der Waals surface area contributed by atoms with Crippen molar-refractivity contribution in [2.45, 2.75) is 26.4 Å². The summed E-state index contributed by atoms with van der Waals surface area (Å²) in [6, 6.07) is 4.17. The van der Waals surface area contributed by atoms with Crippen LogP contribution in [-0.2, 0) is 9.53 Å². The Morgan fingerprint density at radius 1 is 1.29 bits per heavy atom. The van der Waals surface area contributed by atoms with Crippen LogP contribution < -0.4 is 16.3 Å². The van der Waals surface area contributed by atoms with Gasteiger partial charge < -0.3 is 10.5 Å². The zero-order valence-corrected chi connectivity index (χ0v) is 11.9. The number of nitrogens with two attached hydrogens (primary N) is 1. The van der Waals surface area contributed by atoms with E-state index in [1.807, 2.05) is 18.2 Å². The predicted octanol–water partition coefficient (Wildman–Crippen LogP) is 1.20. The van der Waals surface area contributed by atoms with Gasteiger partial charge in [0.25, 0.3) is 0 Å². The lowest BCUT2D eigenvalue weighted by atomic mass is 10.1. The smallest absolute Gasteiger partial charge is 0.405 e. The van der Waals surface area contributed by atoms with Gasteiger partial charge in [0, 0.05) is 16.4 Å². The number of carbonyl (C=O) groups excluding carboxylic acids is 2. The maximum Gasteiger partial charge on any atom is 0.405 e. The summed E-state index contributed by atoms with van der Waals surface area (Å²) in [6.07, 6.45) is 1.07. The van der Waals surface area contributed by atoms with Gasteiger partial charge in [0.15, 0.2) is 0 Å². The lowest BCUT2D eigenvalue weighted by Crippen LogP contribution is -2.27. The molecular weight excluding hydrogens is 275 g/mol. The van der Waals surface area contributed by atoms with Crippen molar-refractivity contribution in [3.8, 4) is 0 Å². The van der Waals surface area contributed by atoms with Crippen LogP contribution in [0.25, 0.3) is 11.6 Å². The Kier molecular flexibility index (Phi) is 3.63. The van der Waals surface area contributed by atoms with Gasteiger partial charge in [-0.15, -0.1) is 0 Å². The summed E-state index contributed by atoms with van der Waals surface area (Å²) in [5.41, 5.74) is 5.72. The third-order valence-electron chi connectivity index (χ3n) is 2.73. The van der Waals surface area contributed by atoms with E-state index in [1.165, 1.54) is 0 Å². The molecule has 0 atom stereocenters. The average Bonchev–Trinajstić information content (AvgIpc) is 2.76. The van der Waals surface area contributed by atoms with Crippen molar-refractivity contribution in [3.63, 3.8) is 0 Å². The molecule has 1 aromatic carbocycles. The number of hydrogen-bond donors (Lipinski definition) is 1. The van der Waals surface area contributed by atoms with E-state index >= 15 is 0 Å². The molecule has 1 aliphatic carbocycles. The third kappa shape index (κ3) is 3.16. The van der Waals surface area contributed by atoms with Gasteiger partial charge in [-0.2, -0.15) is 4.39 Å². The van der Waals surface area contributed by atoms with Gasteiger partial charge >= 0.3 is 12.1 Å². The highest BCUT2D eigenvalue weighted by atomic mass is 19.1. The summed E-state index contributed by atoms with van der Waals surface area (Å²) in [7, 11) is 0. The van der Waals surface area contributed by atoms with E-state index in [9.17, 15) is 14.0 Å². The first-order chi connectivity index (χ1) is 9.69. The van der Waals surface area contributed by atoms with Crippen LogP contribution in [-0.4, -0.2) is 17.7 Å². The van der Waals surface area contributed by atoms with Crippen molar-refractivity contribution in [1.29, 1.82) is 0 Å². The molecule has 0 spiro atoms. The summed E-state index contributed by atoms with van der Waals surface area (Å²) in [5, 5.41) is 1.70. The lowest BCUT2D eigenvalue weighted by molar-refractivity contribution is -0.125. The monoisotopic (exact) mass is 290 g/mol. The van der Waals surface area contributed by atoms with Crippen LogP contribution in [0.5, 0.6) is 0 Å². The number of hydrogen-bond acceptors (Lipinski definition) is 4. The van der Waals surface area contributed by atoms with Crippen molar-refractivity contribution in [2.24, 2.45) is 10.7 Å². The highest BCUT2D eigenvalue weighted by Gasteiger charge is 2.24. The molecule has 2 N–H and O–H groups in total. The zero-order chi connectivity index (χ0) is 15.8. The lowest BCUT2D eigenvalue weighted by Gasteiger charge is -2.16. The summed E-state index contributed by atoms with van der Waals surface area (Å²) < 4.78 is 17.0. The second kappa shape index (κ2) is 5.12. The molecule has 3 rings (SSSR count). The number of rotatable bonds is 1. The first-order valence-electron chi connectivity index (χ1n) is 6.31. The topological polar surface area (TPSA) is 81.8 Å². The largest absolute Gasteiger partial charge is 0.444 e. The minimum absolute atomic E-state index is 0.0475. The van der Waals surface area contributed by atoms with Crippen LogP contribution in [0.4, 0.5) is 9.18 Å². The quantitative estimate of drug-likeness (QED) is 0.789. The minimum Gasteiger partial charge on any atom is -0.444 e. The Morgan fingerprint density at radius 3 is 2.38 bits per heavy atom. The third-order valence-corrected chi connectivity index (χ3v) is 2.73. The molecule has 1 amide bonds. The molecule has 2 aliphatic rings. The van der Waals surface area contributed by atoms with E-state index in [1.54, 1.807) is 26.8 Å². The Hall–Kier alpha value is -2.50. The number of benzene rings is 1. The Bertz CT molecular complexity index is 773. The average molecular weight is 290 g/mol. The molecule has 5 nitrogen and oxygen atoms in total. The molecule has 0 radical (unpaired) electrons. The highest BCUT2D eigenvalue weighted by molar-refractivity contribution is 6.07. The second-order valence-electron chi connectivity index (χ2n) is 5.57. The van der Waals surface area contributed by atoms with Crippen molar-refractivity contribution in [2.75, 3.05) is 0 Å². The van der Waals surface area contributed by atoms with E-state index in [4.69, 9.17) is 5.73 Å². The van der Waals surface area contributed by atoms with Gasteiger partial charge in [0.05, 0.1) is 5.36 Å². The molecule has 21 heavy (non-hydrogen) atoms. The SMILES string of the molecule is CC(C)(C)OC(N)=O.O=C(F)C1=C2C=c3cccc2c3=N1. The number of para-hydroxylation sites is 1. The van der Waals surface area contributed by atoms with E-state index in [0.717, 1.165) is 16.1 Å². The molecule has 0 fully saturated rings. The highest BCUT2D eigenvalue weighted by Crippen LogP contribution is 2.25. The van der Waals surface area contributed by atoms with Crippen molar-refractivity contribution >= 4 is 23.8 Å². The number of primary amides is 1. The predicted molar refractivity (Wildman–Crippen MR) is 75.1 cm³/mol. The van der Waals surface area contributed by atoms with Crippen LogP contribution in [0.15, 0.2) is 28.9 Å². The van der Waals surface area contributed by atoms with Gasteiger partial charge in [-0.25, -0.2) is 9.79 Å². The molecule has 110 valence electrons. The Labute approximate surface area is 120 Å². The number of nitrogens with zero attached hydrogens (tertiary/aromatic N) is 1. The summed E-state index contributed by atoms with van der Waals surface area (Å²) >= 11 is 0. The molecule has 1 aromatic rings. The zero-order valence-electron chi connectivity index (χ0n) is 11.9. The molecule has 1 heterocycles. The minimum atomic E-state index is -1.45. The molecule has 1 aliphatic heterocycles. The van der Waals surface area contributed by atoms with E-state index in [0.29, 0.717) is 5.57 Å². The van der Waals surface area contributed by atoms with Crippen molar-refractivity contribution < 1.29 is 18.7 Å². The Morgan fingerprint density at radius 2 is 1.95 bits per heavy atom. The molecule has 0 unspecified atom stereocenters. The van der Waals surface area contributed by atoms with E-state index in [-0.39, 0.29) is 5.70 Å². The summed E-state index contributed by atoms with van der Waals surface area (Å²) in [5.74, 6) is 0. The molecule has 6 heteroatoms. The molecular formula is C15H15FN2O3.